The fraction of sp³-hybridized carbons (Fsp3) is 0.400. The number of methoxy groups -OCH3 is 3. The third-order valence-corrected chi connectivity index (χ3v) is 6.95. The van der Waals surface area contributed by atoms with Crippen LogP contribution in [0.1, 0.15) is 65.3 Å². The van der Waals surface area contributed by atoms with Crippen molar-refractivity contribution in [3.8, 4) is 17.2 Å². The van der Waals surface area contributed by atoms with E-state index in [9.17, 15) is 9.59 Å². The molecule has 0 radical (unpaired) electrons. The van der Waals surface area contributed by atoms with Crippen LogP contribution >= 0.6 is 0 Å². The van der Waals surface area contributed by atoms with Crippen LogP contribution in [0.2, 0.25) is 0 Å². The summed E-state index contributed by atoms with van der Waals surface area (Å²) >= 11 is 0. The van der Waals surface area contributed by atoms with Gasteiger partial charge < -0.3 is 19.5 Å². The maximum atomic E-state index is 14.2. The van der Waals surface area contributed by atoms with E-state index in [2.05, 4.69) is 15.3 Å². The maximum Gasteiger partial charge on any atom is 0.279 e. The Bertz CT molecular complexity index is 1260. The van der Waals surface area contributed by atoms with Crippen LogP contribution < -0.4 is 24.4 Å². The molecule has 1 heterocycles. The molecule has 206 valence electrons. The monoisotopic (exact) mass is 532 g/mol. The molecule has 1 aliphatic carbocycles. The zero-order chi connectivity index (χ0) is 27.9. The molecule has 0 bridgehead atoms. The second-order valence-electron chi connectivity index (χ2n) is 9.82. The van der Waals surface area contributed by atoms with Gasteiger partial charge >= 0.3 is 0 Å². The van der Waals surface area contributed by atoms with E-state index in [4.69, 9.17) is 14.2 Å². The Morgan fingerprint density at radius 2 is 1.54 bits per heavy atom. The first kappa shape index (κ1) is 27.9. The summed E-state index contributed by atoms with van der Waals surface area (Å²) in [6.07, 6.45) is 9.43. The van der Waals surface area contributed by atoms with Gasteiger partial charge in [-0.3, -0.25) is 19.5 Å². The van der Waals surface area contributed by atoms with Crippen molar-refractivity contribution in [3.63, 3.8) is 0 Å². The Labute approximate surface area is 229 Å². The Hall–Kier alpha value is -4.14. The molecular weight excluding hydrogens is 496 g/mol. The molecule has 0 aliphatic heterocycles. The fourth-order valence-electron chi connectivity index (χ4n) is 5.21. The van der Waals surface area contributed by atoms with Crippen molar-refractivity contribution in [2.24, 2.45) is 0 Å². The summed E-state index contributed by atoms with van der Waals surface area (Å²) in [5, 5.41) is 3.23. The van der Waals surface area contributed by atoms with Gasteiger partial charge in [-0.2, -0.15) is 0 Å². The number of nitrogens with zero attached hydrogens (tertiary/aromatic N) is 3. The molecule has 0 unspecified atom stereocenters. The van der Waals surface area contributed by atoms with Crippen LogP contribution in [0.15, 0.2) is 48.9 Å². The first-order valence-corrected chi connectivity index (χ1v) is 13.1. The number of ether oxygens (including phenoxy) is 3. The Morgan fingerprint density at radius 1 is 0.897 bits per heavy atom. The Kier molecular flexibility index (Phi) is 9.01. The molecule has 1 aromatic heterocycles. The summed E-state index contributed by atoms with van der Waals surface area (Å²) in [4.78, 5) is 38.2. The zero-order valence-electron chi connectivity index (χ0n) is 23.2. The summed E-state index contributed by atoms with van der Waals surface area (Å²) in [5.74, 6) is 0.413. The van der Waals surface area contributed by atoms with Gasteiger partial charge in [0.15, 0.2) is 11.5 Å². The Balaban J connectivity index is 1.93. The topological polar surface area (TPSA) is 103 Å². The lowest BCUT2D eigenvalue weighted by Crippen LogP contribution is -2.47. The zero-order valence-corrected chi connectivity index (χ0v) is 23.2. The lowest BCUT2D eigenvalue weighted by atomic mass is 9.94. The summed E-state index contributed by atoms with van der Waals surface area (Å²) in [6.45, 7) is 3.91. The quantitative estimate of drug-likeness (QED) is 0.416. The van der Waals surface area contributed by atoms with E-state index in [-0.39, 0.29) is 17.6 Å². The van der Waals surface area contributed by atoms with E-state index in [1.54, 1.807) is 12.1 Å². The average molecular weight is 533 g/mol. The van der Waals surface area contributed by atoms with Gasteiger partial charge in [0.25, 0.3) is 5.91 Å². The predicted octanol–water partition coefficient (Wildman–Crippen LogP) is 4.96. The van der Waals surface area contributed by atoms with Gasteiger partial charge in [-0.25, -0.2) is 4.98 Å². The van der Waals surface area contributed by atoms with Gasteiger partial charge in [-0.15, -0.1) is 0 Å². The average Bonchev–Trinajstić information content (AvgIpc) is 2.95. The van der Waals surface area contributed by atoms with E-state index in [1.807, 2.05) is 32.0 Å². The van der Waals surface area contributed by atoms with Gasteiger partial charge in [0.2, 0.25) is 11.7 Å². The van der Waals surface area contributed by atoms with Crippen LogP contribution in [0.25, 0.3) is 0 Å². The van der Waals surface area contributed by atoms with Crippen molar-refractivity contribution >= 4 is 17.5 Å². The molecule has 9 nitrogen and oxygen atoms in total. The molecule has 1 fully saturated rings. The SMILES string of the molecule is COc1cc([C@@H](C(=O)NC2CCCCC2)N(C(=O)c2cnccn2)c2cc(C)cc(C)c2)cc(OC)c1OC. The second kappa shape index (κ2) is 12.6. The van der Waals surface area contributed by atoms with Gasteiger partial charge in [0.1, 0.15) is 11.7 Å². The standard InChI is InChI=1S/C30H36N4O5/c1-19-13-20(2)15-23(14-19)34(30(36)24-18-31-11-12-32-24)27(29(35)33-22-9-7-6-8-10-22)21-16-25(37-3)28(39-5)26(17-21)38-4/h11-18,22,27H,6-10H2,1-5H3,(H,33,35)/t27-/m0/s1. The molecule has 9 heteroatoms. The summed E-state index contributed by atoms with van der Waals surface area (Å²) < 4.78 is 16.7. The van der Waals surface area contributed by atoms with Crippen LogP contribution in [-0.4, -0.2) is 49.2 Å². The molecule has 0 spiro atoms. The van der Waals surface area contributed by atoms with Gasteiger partial charge in [0, 0.05) is 24.1 Å². The van der Waals surface area contributed by atoms with Crippen molar-refractivity contribution in [3.05, 3.63) is 71.3 Å². The third kappa shape index (κ3) is 6.30. The second-order valence-corrected chi connectivity index (χ2v) is 9.82. The number of rotatable bonds is 9. The van der Waals surface area contributed by atoms with Crippen molar-refractivity contribution in [1.29, 1.82) is 0 Å². The largest absolute Gasteiger partial charge is 0.493 e. The molecule has 2 aromatic carbocycles. The number of anilines is 1. The van der Waals surface area contributed by atoms with E-state index in [1.165, 1.54) is 44.8 Å². The molecule has 39 heavy (non-hydrogen) atoms. The molecule has 2 amide bonds. The number of carbonyl (C=O) groups excluding carboxylic acids is 2. The van der Waals surface area contributed by atoms with Crippen molar-refractivity contribution in [2.75, 3.05) is 26.2 Å². The van der Waals surface area contributed by atoms with Gasteiger partial charge in [-0.1, -0.05) is 25.3 Å². The molecule has 1 N–H and O–H groups in total. The molecule has 0 saturated heterocycles. The minimum atomic E-state index is -1.06. The smallest absolute Gasteiger partial charge is 0.279 e. The predicted molar refractivity (Wildman–Crippen MR) is 149 cm³/mol. The van der Waals surface area contributed by atoms with Crippen molar-refractivity contribution in [1.82, 2.24) is 15.3 Å². The van der Waals surface area contributed by atoms with E-state index in [0.29, 0.717) is 28.5 Å². The highest BCUT2D eigenvalue weighted by Gasteiger charge is 2.36. The molecule has 1 aliphatic rings. The molecule has 3 aromatic rings. The minimum absolute atomic E-state index is 0.0310. The van der Waals surface area contributed by atoms with E-state index in [0.717, 1.165) is 43.2 Å². The van der Waals surface area contributed by atoms with E-state index >= 15 is 0 Å². The molecular formula is C30H36N4O5. The number of aryl methyl sites for hydroxylation is 2. The number of carbonyl (C=O) groups is 2. The summed E-state index contributed by atoms with van der Waals surface area (Å²) in [6, 6.07) is 8.20. The maximum absolute atomic E-state index is 14.2. The number of nitrogens with one attached hydrogen (secondary N) is 1. The van der Waals surface area contributed by atoms with Crippen LogP contribution in [0.5, 0.6) is 17.2 Å². The van der Waals surface area contributed by atoms with Gasteiger partial charge in [0.05, 0.1) is 27.5 Å². The normalized spacial score (nSPS) is 14.3. The van der Waals surface area contributed by atoms with Crippen LogP contribution in [0.4, 0.5) is 5.69 Å². The number of amides is 2. The number of hydrogen-bond acceptors (Lipinski definition) is 7. The van der Waals surface area contributed by atoms with Gasteiger partial charge in [-0.05, 0) is 67.6 Å². The molecule has 1 saturated carbocycles. The number of aromatic nitrogens is 2. The number of hydrogen-bond donors (Lipinski definition) is 1. The summed E-state index contributed by atoms with van der Waals surface area (Å²) in [5.41, 5.74) is 3.12. The van der Waals surface area contributed by atoms with E-state index < -0.39 is 11.9 Å². The van der Waals surface area contributed by atoms with Crippen molar-refractivity contribution in [2.45, 2.75) is 58.0 Å². The third-order valence-electron chi connectivity index (χ3n) is 6.95. The van der Waals surface area contributed by atoms with Crippen LogP contribution in [-0.2, 0) is 4.79 Å². The Morgan fingerprint density at radius 3 is 2.08 bits per heavy atom. The summed E-state index contributed by atoms with van der Waals surface area (Å²) in [7, 11) is 4.56. The van der Waals surface area contributed by atoms with Crippen LogP contribution in [0, 0.1) is 13.8 Å². The minimum Gasteiger partial charge on any atom is -0.493 e. The van der Waals surface area contributed by atoms with Crippen molar-refractivity contribution < 1.29 is 23.8 Å². The molecule has 1 atom stereocenters. The number of benzene rings is 2. The first-order valence-electron chi connectivity index (χ1n) is 13.1. The lowest BCUT2D eigenvalue weighted by Gasteiger charge is -2.34. The highest BCUT2D eigenvalue weighted by molar-refractivity contribution is 6.09. The fourth-order valence-corrected chi connectivity index (χ4v) is 5.21. The molecule has 4 rings (SSSR count). The lowest BCUT2D eigenvalue weighted by molar-refractivity contribution is -0.123. The highest BCUT2D eigenvalue weighted by atomic mass is 16.5. The van der Waals surface area contributed by atoms with Crippen LogP contribution in [0.3, 0.4) is 0 Å². The highest BCUT2D eigenvalue weighted by Crippen LogP contribution is 2.42. The first-order chi connectivity index (χ1) is 18.9.